The average Bonchev–Trinajstić information content (AvgIpc) is 3.17. The van der Waals surface area contributed by atoms with Gasteiger partial charge in [-0.05, 0) is 37.2 Å². The molecule has 0 aliphatic carbocycles. The number of phenols is 2. The van der Waals surface area contributed by atoms with E-state index in [1.165, 1.54) is 12.1 Å². The quantitative estimate of drug-likeness (QED) is 0.118. The predicted molar refractivity (Wildman–Crippen MR) is 134 cm³/mol. The number of rotatable bonds is 11. The summed E-state index contributed by atoms with van der Waals surface area (Å²) in [6.07, 6.45) is 0.782. The molecule has 0 atom stereocenters. The third kappa shape index (κ3) is 4.82. The Morgan fingerprint density at radius 1 is 0.882 bits per heavy atom. The van der Waals surface area contributed by atoms with Gasteiger partial charge in [0.1, 0.15) is 11.5 Å². The summed E-state index contributed by atoms with van der Waals surface area (Å²) in [5, 5.41) is 51.1. The number of hydrogen-bond acceptors (Lipinski definition) is 8. The van der Waals surface area contributed by atoms with Crippen molar-refractivity contribution in [1.82, 2.24) is 20.4 Å². The second-order valence-corrected chi connectivity index (χ2v) is 7.86. The fourth-order valence-electron chi connectivity index (χ4n) is 4.25. The number of fused-ring (bicyclic) bond motifs is 2. The Kier molecular flexibility index (Phi) is 8.70. The van der Waals surface area contributed by atoms with E-state index in [0.717, 1.165) is 11.9 Å². The molecule has 0 aliphatic rings. The molecule has 4 aromatic rings. The molecular weight excluding hydrogens is 462 g/mol. The van der Waals surface area contributed by atoms with Gasteiger partial charge in [0.05, 0.1) is 52.3 Å². The van der Waals surface area contributed by atoms with E-state index >= 15 is 0 Å². The number of nitrogens with one attached hydrogen (secondary N) is 3. The van der Waals surface area contributed by atoms with Gasteiger partial charge in [-0.15, -0.1) is 12.4 Å². The monoisotopic (exact) mass is 491 g/mol. The van der Waals surface area contributed by atoms with Crippen molar-refractivity contribution in [2.75, 3.05) is 45.9 Å². The summed E-state index contributed by atoms with van der Waals surface area (Å²) in [6, 6.07) is 6.32. The second kappa shape index (κ2) is 11.5. The highest BCUT2D eigenvalue weighted by molar-refractivity contribution is 6.23. The fourth-order valence-corrected chi connectivity index (χ4v) is 4.25. The van der Waals surface area contributed by atoms with Crippen molar-refractivity contribution in [1.29, 1.82) is 0 Å². The molecule has 10 nitrogen and oxygen atoms in total. The minimum Gasteiger partial charge on any atom is -0.507 e. The van der Waals surface area contributed by atoms with E-state index in [9.17, 15) is 15.0 Å². The summed E-state index contributed by atoms with van der Waals surface area (Å²) in [6.45, 7) is 3.46. The molecule has 0 saturated heterocycles. The van der Waals surface area contributed by atoms with E-state index < -0.39 is 0 Å². The molecule has 0 fully saturated rings. The maximum Gasteiger partial charge on any atom is 0.189 e. The Morgan fingerprint density at radius 3 is 2.35 bits per heavy atom. The molecule has 0 aliphatic heterocycles. The summed E-state index contributed by atoms with van der Waals surface area (Å²) in [5.74, 6) is -0.342. The van der Waals surface area contributed by atoms with Crippen LogP contribution in [0, 0.1) is 0 Å². The van der Waals surface area contributed by atoms with Gasteiger partial charge in [0, 0.05) is 31.6 Å². The number of aliphatic hydroxyl groups excluding tert-OH is 2. The molecule has 0 amide bonds. The first-order valence-electron chi connectivity index (χ1n) is 11.1. The number of hydrogen-bond donors (Lipinski definition) is 7. The van der Waals surface area contributed by atoms with Gasteiger partial charge in [0.2, 0.25) is 0 Å². The predicted octanol–water partition coefficient (Wildman–Crippen LogP) is 0.361. The molecule has 1 heterocycles. The van der Waals surface area contributed by atoms with E-state index in [1.807, 2.05) is 16.8 Å². The average molecular weight is 492 g/mol. The molecule has 0 spiro atoms. The van der Waals surface area contributed by atoms with Crippen LogP contribution < -0.4 is 21.4 Å². The van der Waals surface area contributed by atoms with Crippen LogP contribution in [0.3, 0.4) is 0 Å². The maximum absolute atomic E-state index is 12.8. The minimum atomic E-state index is -0.296. The van der Waals surface area contributed by atoms with Crippen molar-refractivity contribution in [3.05, 3.63) is 39.8 Å². The molecule has 0 radical (unpaired) electrons. The van der Waals surface area contributed by atoms with Crippen molar-refractivity contribution in [3.63, 3.8) is 0 Å². The number of H-pyrrole nitrogens is 1. The lowest BCUT2D eigenvalue weighted by Gasteiger charge is -2.09. The standard InChI is InChI=1S/C23H29N5O5.ClH/c29-12-9-24-6-1-11-28-15-3-2-14(26-8-7-25-10-13-30)18-19(15)22(27-28)20-16(31)4-5-17(32)21(20)23(18)33;/h2-5,24-25,27,29-30,32-33H,1,6-13H2;1H. The molecule has 4 rings (SSSR count). The summed E-state index contributed by atoms with van der Waals surface area (Å²) in [4.78, 5) is 17.4. The number of aryl methyl sites for hydroxylation is 1. The van der Waals surface area contributed by atoms with Crippen LogP contribution in [-0.4, -0.2) is 76.1 Å². The normalized spacial score (nSPS) is 12.2. The van der Waals surface area contributed by atoms with Crippen LogP contribution in [0.25, 0.3) is 32.6 Å². The largest absolute Gasteiger partial charge is 0.507 e. The molecule has 1 aromatic heterocycles. The van der Waals surface area contributed by atoms with E-state index in [4.69, 9.17) is 10.2 Å². The lowest BCUT2D eigenvalue weighted by Crippen LogP contribution is -2.22. The van der Waals surface area contributed by atoms with Crippen molar-refractivity contribution in [2.45, 2.75) is 13.0 Å². The van der Waals surface area contributed by atoms with Crippen molar-refractivity contribution < 1.29 is 20.4 Å². The highest BCUT2D eigenvalue weighted by Gasteiger charge is 2.21. The van der Waals surface area contributed by atoms with Gasteiger partial charge in [0.25, 0.3) is 0 Å². The number of aromatic hydroxyl groups is 2. The van der Waals surface area contributed by atoms with E-state index in [1.54, 1.807) is 0 Å². The molecule has 0 saturated carbocycles. The summed E-state index contributed by atoms with van der Waals surface area (Å²) in [7, 11) is 0. The van der Waals surface area contributed by atoms with Gasteiger partial charge in [-0.25, -0.2) is 0 Å². The van der Waals surface area contributed by atoms with Crippen LogP contribution >= 0.6 is 12.4 Å². The zero-order valence-corrected chi connectivity index (χ0v) is 19.5. The lowest BCUT2D eigenvalue weighted by atomic mass is 9.99. The van der Waals surface area contributed by atoms with Crippen molar-refractivity contribution in [2.24, 2.45) is 4.99 Å². The summed E-state index contributed by atoms with van der Waals surface area (Å²) >= 11 is 0. The molecule has 7 N–H and O–H groups in total. The lowest BCUT2D eigenvalue weighted by molar-refractivity contribution is 0.291. The highest BCUT2D eigenvalue weighted by Crippen LogP contribution is 2.41. The zero-order chi connectivity index (χ0) is 23.4. The molecular formula is C23H30ClN5O5. The maximum atomic E-state index is 12.8. The highest BCUT2D eigenvalue weighted by atomic mass is 35.5. The Bertz CT molecular complexity index is 1380. The van der Waals surface area contributed by atoms with Crippen LogP contribution in [0.5, 0.6) is 11.5 Å². The van der Waals surface area contributed by atoms with Crippen LogP contribution in [0.2, 0.25) is 0 Å². The number of halogens is 1. The third-order valence-electron chi connectivity index (χ3n) is 5.70. The SMILES string of the molecule is Cl.O=c1ccc(O)c2c(O)c3c(=NCCNCCO)ccc4c3c([nH]n4CCCNCCO)c12. The topological polar surface area (TPSA) is 155 Å². The first kappa shape index (κ1) is 25.7. The summed E-state index contributed by atoms with van der Waals surface area (Å²) < 4.78 is 1.92. The summed E-state index contributed by atoms with van der Waals surface area (Å²) in [5.41, 5.74) is 1.07. The Morgan fingerprint density at radius 2 is 1.62 bits per heavy atom. The van der Waals surface area contributed by atoms with Gasteiger partial charge in [-0.3, -0.25) is 19.6 Å². The number of aliphatic hydroxyl groups is 2. The smallest absolute Gasteiger partial charge is 0.189 e. The zero-order valence-electron chi connectivity index (χ0n) is 18.7. The van der Waals surface area contributed by atoms with Crippen LogP contribution in [0.15, 0.2) is 34.1 Å². The van der Waals surface area contributed by atoms with Gasteiger partial charge in [-0.2, -0.15) is 0 Å². The number of aromatic amines is 1. The molecule has 184 valence electrons. The van der Waals surface area contributed by atoms with Crippen molar-refractivity contribution in [3.8, 4) is 11.5 Å². The molecule has 34 heavy (non-hydrogen) atoms. The minimum absolute atomic E-state index is 0. The Balaban J connectivity index is 0.00000324. The number of aromatic nitrogens is 2. The number of phenolic OH excluding ortho intramolecular Hbond substituents is 2. The van der Waals surface area contributed by atoms with Gasteiger partial charge < -0.3 is 31.1 Å². The fraction of sp³-hybridized carbons (Fsp3) is 0.391. The second-order valence-electron chi connectivity index (χ2n) is 7.86. The molecule has 0 bridgehead atoms. The number of nitrogens with zero attached hydrogens (tertiary/aromatic N) is 2. The van der Waals surface area contributed by atoms with Crippen LogP contribution in [0.4, 0.5) is 0 Å². The van der Waals surface area contributed by atoms with Crippen LogP contribution in [-0.2, 0) is 6.54 Å². The molecule has 11 heteroatoms. The van der Waals surface area contributed by atoms with E-state index in [-0.39, 0.29) is 53.3 Å². The number of benzene rings is 3. The molecule has 0 unspecified atom stereocenters. The van der Waals surface area contributed by atoms with Gasteiger partial charge >= 0.3 is 0 Å². The van der Waals surface area contributed by atoms with Gasteiger partial charge in [-0.1, -0.05) is 0 Å². The Hall–Kier alpha value is -2.89. The Labute approximate surface area is 201 Å². The van der Waals surface area contributed by atoms with E-state index in [2.05, 4.69) is 20.7 Å². The van der Waals surface area contributed by atoms with Gasteiger partial charge in [0.15, 0.2) is 5.43 Å². The van der Waals surface area contributed by atoms with E-state index in [0.29, 0.717) is 60.9 Å². The van der Waals surface area contributed by atoms with Crippen molar-refractivity contribution >= 4 is 45.0 Å². The molecule has 3 aromatic carbocycles. The third-order valence-corrected chi connectivity index (χ3v) is 5.70. The first-order valence-corrected chi connectivity index (χ1v) is 11.1. The first-order chi connectivity index (χ1) is 16.1. The van der Waals surface area contributed by atoms with Crippen LogP contribution in [0.1, 0.15) is 6.42 Å².